The average molecular weight is 412 g/mol. The van der Waals surface area contributed by atoms with Crippen LogP contribution in [-0.4, -0.2) is 29.3 Å². The van der Waals surface area contributed by atoms with E-state index < -0.39 is 0 Å². The summed E-state index contributed by atoms with van der Waals surface area (Å²) in [6, 6.07) is 10.5. The van der Waals surface area contributed by atoms with Gasteiger partial charge in [-0.3, -0.25) is 14.4 Å². The molecule has 3 aromatic rings. The lowest BCUT2D eigenvalue weighted by atomic mass is 10.1. The number of amides is 3. The molecule has 0 fully saturated rings. The van der Waals surface area contributed by atoms with Crippen molar-refractivity contribution >= 4 is 39.9 Å². The molecule has 29 heavy (non-hydrogen) atoms. The number of carbonyl (C=O) groups is 3. The molecule has 3 N–H and O–H groups in total. The summed E-state index contributed by atoms with van der Waals surface area (Å²) in [5.41, 5.74) is 2.34. The SMILES string of the molecule is CC(=O)Nc1ccc(-c2csc(NC(=O)CCCNC(=O)c3ccco3)n2)cc1. The standard InChI is InChI=1S/C20H20N4O4S/c1-13(25)22-15-8-6-14(7-9-15)16-12-29-20(23-16)24-18(26)5-2-10-21-19(27)17-4-3-11-28-17/h3-4,6-9,11-12H,2,5,10H2,1H3,(H,21,27)(H,22,25)(H,23,24,26). The van der Waals surface area contributed by atoms with Gasteiger partial charge in [-0.2, -0.15) is 0 Å². The number of benzene rings is 1. The number of rotatable bonds is 8. The van der Waals surface area contributed by atoms with Crippen molar-refractivity contribution in [2.45, 2.75) is 19.8 Å². The minimum absolute atomic E-state index is 0.128. The minimum Gasteiger partial charge on any atom is -0.459 e. The fraction of sp³-hybridized carbons (Fsp3) is 0.200. The Morgan fingerprint density at radius 1 is 1.10 bits per heavy atom. The van der Waals surface area contributed by atoms with Crippen LogP contribution in [0.4, 0.5) is 10.8 Å². The van der Waals surface area contributed by atoms with Crippen molar-refractivity contribution in [3.63, 3.8) is 0 Å². The molecule has 0 aliphatic heterocycles. The van der Waals surface area contributed by atoms with Crippen LogP contribution in [0.2, 0.25) is 0 Å². The summed E-state index contributed by atoms with van der Waals surface area (Å²) >= 11 is 1.34. The highest BCUT2D eigenvalue weighted by atomic mass is 32.1. The Morgan fingerprint density at radius 2 is 1.90 bits per heavy atom. The van der Waals surface area contributed by atoms with Gasteiger partial charge in [-0.1, -0.05) is 12.1 Å². The summed E-state index contributed by atoms with van der Waals surface area (Å²) in [6.45, 7) is 1.83. The molecule has 150 valence electrons. The number of hydrogen-bond acceptors (Lipinski definition) is 6. The molecule has 3 amide bonds. The zero-order chi connectivity index (χ0) is 20.6. The monoisotopic (exact) mass is 412 g/mol. The lowest BCUT2D eigenvalue weighted by Crippen LogP contribution is -2.25. The minimum atomic E-state index is -0.301. The van der Waals surface area contributed by atoms with Crippen LogP contribution in [0.3, 0.4) is 0 Å². The molecule has 0 spiro atoms. The molecule has 0 radical (unpaired) electrons. The van der Waals surface area contributed by atoms with E-state index in [1.165, 1.54) is 24.5 Å². The quantitative estimate of drug-likeness (QED) is 0.490. The van der Waals surface area contributed by atoms with Gasteiger partial charge in [-0.05, 0) is 30.7 Å². The van der Waals surface area contributed by atoms with Crippen LogP contribution in [0.1, 0.15) is 30.3 Å². The number of nitrogens with zero attached hydrogens (tertiary/aromatic N) is 1. The molecule has 0 aliphatic carbocycles. The third kappa shape index (κ3) is 6.01. The number of carbonyl (C=O) groups excluding carboxylic acids is 3. The van der Waals surface area contributed by atoms with Crippen molar-refractivity contribution in [3.05, 3.63) is 53.8 Å². The van der Waals surface area contributed by atoms with E-state index in [-0.39, 0.29) is 29.9 Å². The van der Waals surface area contributed by atoms with E-state index in [1.807, 2.05) is 17.5 Å². The van der Waals surface area contributed by atoms with Gasteiger partial charge in [0.25, 0.3) is 5.91 Å². The molecule has 0 unspecified atom stereocenters. The third-order valence-electron chi connectivity index (χ3n) is 3.86. The van der Waals surface area contributed by atoms with Gasteiger partial charge < -0.3 is 20.4 Å². The Morgan fingerprint density at radius 3 is 2.59 bits per heavy atom. The Balaban J connectivity index is 1.44. The number of thiazole rings is 1. The van der Waals surface area contributed by atoms with Gasteiger partial charge in [0.2, 0.25) is 11.8 Å². The fourth-order valence-electron chi connectivity index (χ4n) is 2.52. The van der Waals surface area contributed by atoms with Crippen LogP contribution in [0.15, 0.2) is 52.5 Å². The second-order valence-electron chi connectivity index (χ2n) is 6.18. The van der Waals surface area contributed by atoms with E-state index in [0.717, 1.165) is 11.3 Å². The Bertz CT molecular complexity index is 980. The summed E-state index contributed by atoms with van der Waals surface area (Å²) in [4.78, 5) is 39.3. The van der Waals surface area contributed by atoms with E-state index in [9.17, 15) is 14.4 Å². The molecule has 9 heteroatoms. The highest BCUT2D eigenvalue weighted by Gasteiger charge is 2.10. The predicted molar refractivity (Wildman–Crippen MR) is 111 cm³/mol. The lowest BCUT2D eigenvalue weighted by Gasteiger charge is -2.04. The van der Waals surface area contributed by atoms with Gasteiger partial charge in [0.15, 0.2) is 10.9 Å². The van der Waals surface area contributed by atoms with Crippen LogP contribution in [0, 0.1) is 0 Å². The van der Waals surface area contributed by atoms with Gasteiger partial charge in [0.1, 0.15) is 0 Å². The first-order valence-corrected chi connectivity index (χ1v) is 9.84. The molecule has 0 saturated carbocycles. The number of hydrogen-bond donors (Lipinski definition) is 3. The normalized spacial score (nSPS) is 10.4. The Hall–Kier alpha value is -3.46. The van der Waals surface area contributed by atoms with E-state index in [1.54, 1.807) is 24.3 Å². The molecule has 0 aliphatic rings. The Labute approximate surface area is 171 Å². The van der Waals surface area contributed by atoms with Crippen molar-refractivity contribution in [2.24, 2.45) is 0 Å². The number of aromatic nitrogens is 1. The summed E-state index contributed by atoms with van der Waals surface area (Å²) < 4.78 is 5.00. The smallest absolute Gasteiger partial charge is 0.286 e. The van der Waals surface area contributed by atoms with Gasteiger partial charge >= 0.3 is 0 Å². The molecule has 1 aromatic carbocycles. The highest BCUT2D eigenvalue weighted by Crippen LogP contribution is 2.26. The number of anilines is 2. The summed E-state index contributed by atoms with van der Waals surface area (Å²) in [5, 5.41) is 10.5. The van der Waals surface area contributed by atoms with Gasteiger partial charge in [0.05, 0.1) is 12.0 Å². The van der Waals surface area contributed by atoms with Gasteiger partial charge in [-0.15, -0.1) is 11.3 Å². The highest BCUT2D eigenvalue weighted by molar-refractivity contribution is 7.14. The maximum absolute atomic E-state index is 12.1. The molecular weight excluding hydrogens is 392 g/mol. The van der Waals surface area contributed by atoms with E-state index >= 15 is 0 Å². The van der Waals surface area contributed by atoms with Gasteiger partial charge in [0, 0.05) is 36.5 Å². The van der Waals surface area contributed by atoms with Crippen molar-refractivity contribution < 1.29 is 18.8 Å². The Kier molecular flexibility index (Phi) is 6.75. The molecule has 0 bridgehead atoms. The van der Waals surface area contributed by atoms with Crippen LogP contribution < -0.4 is 16.0 Å². The molecule has 0 saturated heterocycles. The second-order valence-corrected chi connectivity index (χ2v) is 7.04. The first kappa shape index (κ1) is 20.3. The molecule has 3 rings (SSSR count). The number of nitrogens with one attached hydrogen (secondary N) is 3. The first-order valence-electron chi connectivity index (χ1n) is 8.96. The number of furan rings is 1. The maximum Gasteiger partial charge on any atom is 0.286 e. The zero-order valence-corrected chi connectivity index (χ0v) is 16.5. The van der Waals surface area contributed by atoms with E-state index in [2.05, 4.69) is 20.9 Å². The molecular formula is C20H20N4O4S. The van der Waals surface area contributed by atoms with Crippen molar-refractivity contribution in [3.8, 4) is 11.3 Å². The van der Waals surface area contributed by atoms with Gasteiger partial charge in [-0.25, -0.2) is 4.98 Å². The average Bonchev–Trinajstić information content (AvgIpc) is 3.37. The molecule has 2 aromatic heterocycles. The molecule has 8 nitrogen and oxygen atoms in total. The molecule has 0 atom stereocenters. The van der Waals surface area contributed by atoms with Crippen LogP contribution in [0.25, 0.3) is 11.3 Å². The topological polar surface area (TPSA) is 113 Å². The van der Waals surface area contributed by atoms with E-state index in [4.69, 9.17) is 4.42 Å². The van der Waals surface area contributed by atoms with Crippen LogP contribution in [-0.2, 0) is 9.59 Å². The summed E-state index contributed by atoms with van der Waals surface area (Å²) in [5.74, 6) is -0.351. The second kappa shape index (κ2) is 9.65. The summed E-state index contributed by atoms with van der Waals surface area (Å²) in [6.07, 6.45) is 2.20. The van der Waals surface area contributed by atoms with Crippen molar-refractivity contribution in [2.75, 3.05) is 17.2 Å². The largest absolute Gasteiger partial charge is 0.459 e. The maximum atomic E-state index is 12.1. The predicted octanol–water partition coefficient (Wildman–Crippen LogP) is 3.51. The van der Waals surface area contributed by atoms with E-state index in [0.29, 0.717) is 23.8 Å². The third-order valence-corrected chi connectivity index (χ3v) is 4.62. The zero-order valence-electron chi connectivity index (χ0n) is 15.7. The van der Waals surface area contributed by atoms with Crippen molar-refractivity contribution in [1.29, 1.82) is 0 Å². The van der Waals surface area contributed by atoms with Crippen LogP contribution >= 0.6 is 11.3 Å². The van der Waals surface area contributed by atoms with Crippen molar-refractivity contribution in [1.82, 2.24) is 10.3 Å². The van der Waals surface area contributed by atoms with Crippen LogP contribution in [0.5, 0.6) is 0 Å². The first-order chi connectivity index (χ1) is 14.0. The lowest BCUT2D eigenvalue weighted by molar-refractivity contribution is -0.116. The summed E-state index contributed by atoms with van der Waals surface area (Å²) in [7, 11) is 0. The molecule has 2 heterocycles. The fourth-order valence-corrected chi connectivity index (χ4v) is 3.25.